The SMILES string of the molecule is COCOc1c(OC)ccc(NC(=O)c2ccc(OC)cc2)c1C. The number of ether oxygens (including phenoxy) is 4. The molecule has 0 spiro atoms. The van der Waals surface area contributed by atoms with Crippen molar-refractivity contribution in [3.8, 4) is 17.2 Å². The lowest BCUT2D eigenvalue weighted by atomic mass is 10.1. The van der Waals surface area contributed by atoms with E-state index in [1.54, 1.807) is 50.6 Å². The lowest BCUT2D eigenvalue weighted by molar-refractivity contribution is 0.0487. The van der Waals surface area contributed by atoms with Gasteiger partial charge in [-0.1, -0.05) is 0 Å². The van der Waals surface area contributed by atoms with E-state index in [2.05, 4.69) is 5.32 Å². The summed E-state index contributed by atoms with van der Waals surface area (Å²) in [5.74, 6) is 1.59. The second-order valence-corrected chi connectivity index (χ2v) is 5.00. The van der Waals surface area contributed by atoms with Crippen LogP contribution >= 0.6 is 0 Å². The monoisotopic (exact) mass is 331 g/mol. The summed E-state index contributed by atoms with van der Waals surface area (Å²) >= 11 is 0. The van der Waals surface area contributed by atoms with Crippen LogP contribution in [-0.2, 0) is 4.74 Å². The Morgan fingerprint density at radius 2 is 1.71 bits per heavy atom. The Morgan fingerprint density at radius 3 is 2.29 bits per heavy atom. The summed E-state index contributed by atoms with van der Waals surface area (Å²) < 4.78 is 20.9. The maximum atomic E-state index is 12.4. The molecule has 0 aliphatic rings. The molecule has 128 valence electrons. The summed E-state index contributed by atoms with van der Waals surface area (Å²) in [7, 11) is 4.68. The average molecular weight is 331 g/mol. The van der Waals surface area contributed by atoms with Crippen LogP contribution in [0.2, 0.25) is 0 Å². The number of hydrogen-bond acceptors (Lipinski definition) is 5. The van der Waals surface area contributed by atoms with Crippen molar-refractivity contribution in [1.29, 1.82) is 0 Å². The van der Waals surface area contributed by atoms with Crippen LogP contribution in [0, 0.1) is 6.92 Å². The van der Waals surface area contributed by atoms with Crippen LogP contribution < -0.4 is 19.5 Å². The van der Waals surface area contributed by atoms with Gasteiger partial charge in [-0.25, -0.2) is 0 Å². The lowest BCUT2D eigenvalue weighted by Gasteiger charge is -2.16. The molecule has 0 bridgehead atoms. The highest BCUT2D eigenvalue weighted by Gasteiger charge is 2.15. The van der Waals surface area contributed by atoms with Crippen molar-refractivity contribution in [2.75, 3.05) is 33.4 Å². The molecule has 0 aliphatic carbocycles. The number of anilines is 1. The zero-order chi connectivity index (χ0) is 17.5. The summed E-state index contributed by atoms with van der Waals surface area (Å²) in [6.45, 7) is 1.93. The van der Waals surface area contributed by atoms with Crippen LogP contribution in [0.3, 0.4) is 0 Å². The van der Waals surface area contributed by atoms with Crippen molar-refractivity contribution in [3.63, 3.8) is 0 Å². The molecule has 24 heavy (non-hydrogen) atoms. The Balaban J connectivity index is 2.23. The van der Waals surface area contributed by atoms with Gasteiger partial charge in [-0.3, -0.25) is 4.79 Å². The molecule has 0 radical (unpaired) electrons. The molecule has 0 saturated carbocycles. The molecular weight excluding hydrogens is 310 g/mol. The summed E-state index contributed by atoms with van der Waals surface area (Å²) in [4.78, 5) is 12.4. The van der Waals surface area contributed by atoms with Crippen molar-refractivity contribution < 1.29 is 23.7 Å². The van der Waals surface area contributed by atoms with Gasteiger partial charge in [-0.05, 0) is 43.3 Å². The quantitative estimate of drug-likeness (QED) is 0.789. The molecule has 2 aromatic rings. The van der Waals surface area contributed by atoms with Crippen molar-refractivity contribution in [2.24, 2.45) is 0 Å². The number of rotatable bonds is 7. The topological polar surface area (TPSA) is 66.0 Å². The molecule has 0 saturated heterocycles. The van der Waals surface area contributed by atoms with Gasteiger partial charge in [0.05, 0.1) is 14.2 Å². The number of methoxy groups -OCH3 is 3. The van der Waals surface area contributed by atoms with E-state index in [1.165, 1.54) is 7.11 Å². The van der Waals surface area contributed by atoms with E-state index < -0.39 is 0 Å². The first kappa shape index (κ1) is 17.6. The molecule has 0 unspecified atom stereocenters. The van der Waals surface area contributed by atoms with Gasteiger partial charge in [0.15, 0.2) is 18.3 Å². The van der Waals surface area contributed by atoms with Gasteiger partial charge in [-0.15, -0.1) is 0 Å². The predicted octanol–water partition coefficient (Wildman–Crippen LogP) is 3.25. The zero-order valence-corrected chi connectivity index (χ0v) is 14.2. The van der Waals surface area contributed by atoms with Gasteiger partial charge in [-0.2, -0.15) is 0 Å². The molecule has 2 rings (SSSR count). The van der Waals surface area contributed by atoms with E-state index in [-0.39, 0.29) is 12.7 Å². The number of carbonyl (C=O) groups is 1. The minimum Gasteiger partial charge on any atom is -0.497 e. The number of amides is 1. The molecule has 2 aromatic carbocycles. The molecular formula is C18H21NO5. The van der Waals surface area contributed by atoms with Crippen LogP contribution in [0.4, 0.5) is 5.69 Å². The van der Waals surface area contributed by atoms with Gasteiger partial charge < -0.3 is 24.3 Å². The first-order valence-electron chi connectivity index (χ1n) is 7.35. The van der Waals surface area contributed by atoms with Gasteiger partial charge in [0, 0.05) is 23.9 Å². The highest BCUT2D eigenvalue weighted by molar-refractivity contribution is 6.05. The Labute approximate surface area is 141 Å². The van der Waals surface area contributed by atoms with Crippen molar-refractivity contribution in [2.45, 2.75) is 6.92 Å². The second kappa shape index (κ2) is 8.21. The fraction of sp³-hybridized carbons (Fsp3) is 0.278. The first-order chi connectivity index (χ1) is 11.6. The molecule has 0 aromatic heterocycles. The van der Waals surface area contributed by atoms with Crippen molar-refractivity contribution in [3.05, 3.63) is 47.5 Å². The molecule has 0 heterocycles. The lowest BCUT2D eigenvalue weighted by Crippen LogP contribution is -2.13. The van der Waals surface area contributed by atoms with E-state index in [1.807, 2.05) is 6.92 Å². The van der Waals surface area contributed by atoms with E-state index in [9.17, 15) is 4.79 Å². The van der Waals surface area contributed by atoms with Gasteiger partial charge in [0.25, 0.3) is 5.91 Å². The minimum atomic E-state index is -0.219. The van der Waals surface area contributed by atoms with E-state index in [4.69, 9.17) is 18.9 Å². The summed E-state index contributed by atoms with van der Waals surface area (Å²) in [5.41, 5.74) is 1.93. The highest BCUT2D eigenvalue weighted by Crippen LogP contribution is 2.35. The second-order valence-electron chi connectivity index (χ2n) is 5.00. The Morgan fingerprint density at radius 1 is 1.00 bits per heavy atom. The Hall–Kier alpha value is -2.73. The molecule has 6 heteroatoms. The van der Waals surface area contributed by atoms with Gasteiger partial charge >= 0.3 is 0 Å². The first-order valence-corrected chi connectivity index (χ1v) is 7.35. The van der Waals surface area contributed by atoms with E-state index >= 15 is 0 Å². The third-order valence-corrected chi connectivity index (χ3v) is 3.51. The fourth-order valence-electron chi connectivity index (χ4n) is 2.20. The number of nitrogens with one attached hydrogen (secondary N) is 1. The van der Waals surface area contributed by atoms with Crippen molar-refractivity contribution >= 4 is 11.6 Å². The summed E-state index contributed by atoms with van der Waals surface area (Å²) in [5, 5.41) is 2.88. The summed E-state index contributed by atoms with van der Waals surface area (Å²) in [6, 6.07) is 10.4. The Kier molecular flexibility index (Phi) is 6.03. The van der Waals surface area contributed by atoms with Crippen LogP contribution in [-0.4, -0.2) is 34.0 Å². The highest BCUT2D eigenvalue weighted by atomic mass is 16.7. The minimum absolute atomic E-state index is 0.0904. The maximum absolute atomic E-state index is 12.4. The van der Waals surface area contributed by atoms with Crippen LogP contribution in [0.1, 0.15) is 15.9 Å². The molecule has 1 amide bonds. The molecule has 0 fully saturated rings. The molecule has 0 aliphatic heterocycles. The maximum Gasteiger partial charge on any atom is 0.255 e. The smallest absolute Gasteiger partial charge is 0.255 e. The third-order valence-electron chi connectivity index (χ3n) is 3.51. The zero-order valence-electron chi connectivity index (χ0n) is 14.2. The average Bonchev–Trinajstić information content (AvgIpc) is 2.62. The molecule has 1 N–H and O–H groups in total. The largest absolute Gasteiger partial charge is 0.497 e. The normalized spacial score (nSPS) is 10.2. The number of hydrogen-bond donors (Lipinski definition) is 1. The van der Waals surface area contributed by atoms with Crippen LogP contribution in [0.5, 0.6) is 17.2 Å². The third kappa shape index (κ3) is 3.97. The van der Waals surface area contributed by atoms with Gasteiger partial charge in [0.1, 0.15) is 5.75 Å². The standard InChI is InChI=1S/C18H21NO5/c1-12-15(9-10-16(23-4)17(12)24-11-21-2)19-18(20)13-5-7-14(22-3)8-6-13/h5-10H,11H2,1-4H3,(H,19,20). The molecule has 0 atom stereocenters. The van der Waals surface area contributed by atoms with E-state index in [0.717, 1.165) is 5.56 Å². The fourth-order valence-corrected chi connectivity index (χ4v) is 2.20. The van der Waals surface area contributed by atoms with Gasteiger partial charge in [0.2, 0.25) is 0 Å². The van der Waals surface area contributed by atoms with Crippen molar-refractivity contribution in [1.82, 2.24) is 0 Å². The predicted molar refractivity (Wildman–Crippen MR) is 91.2 cm³/mol. The number of benzene rings is 2. The van der Waals surface area contributed by atoms with E-state index in [0.29, 0.717) is 28.5 Å². The van der Waals surface area contributed by atoms with Crippen LogP contribution in [0.25, 0.3) is 0 Å². The van der Waals surface area contributed by atoms with Crippen LogP contribution in [0.15, 0.2) is 36.4 Å². The molecule has 6 nitrogen and oxygen atoms in total. The number of carbonyl (C=O) groups excluding carboxylic acids is 1. The summed E-state index contributed by atoms with van der Waals surface area (Å²) in [6.07, 6.45) is 0. The Bertz CT molecular complexity index is 697.